The molecule has 1 saturated heterocycles. The van der Waals surface area contributed by atoms with Gasteiger partial charge in [0, 0.05) is 16.2 Å². The lowest BCUT2D eigenvalue weighted by Crippen LogP contribution is -2.47. The molecule has 1 aromatic rings. The van der Waals surface area contributed by atoms with E-state index in [-0.39, 0.29) is 5.41 Å². The summed E-state index contributed by atoms with van der Waals surface area (Å²) in [5.74, 6) is 1.98. The number of aryl methyl sites for hydroxylation is 1. The second-order valence-electron chi connectivity index (χ2n) is 4.99. The highest BCUT2D eigenvalue weighted by Crippen LogP contribution is 2.39. The molecule has 0 N–H and O–H groups in total. The van der Waals surface area contributed by atoms with E-state index in [0.29, 0.717) is 0 Å². The molecule has 0 spiro atoms. The molecule has 1 aromatic carbocycles. The second-order valence-corrected chi connectivity index (χ2v) is 6.50. The molecule has 3 rings (SSSR count). The number of thioether (sulfide) groups is 1. The van der Waals surface area contributed by atoms with Crippen molar-refractivity contribution in [1.29, 1.82) is 0 Å². The standard InChI is InChI=1S/C14H17ClOS/c15-6-5-14(9-16-10-14)12-3-4-13-11(8-12)2-1-7-17-13/h3-4,8H,1-2,5-7,9-10H2. The van der Waals surface area contributed by atoms with Gasteiger partial charge in [0.15, 0.2) is 0 Å². The molecule has 2 aliphatic rings. The van der Waals surface area contributed by atoms with Gasteiger partial charge in [0.05, 0.1) is 13.2 Å². The average molecular weight is 269 g/mol. The van der Waals surface area contributed by atoms with Crippen molar-refractivity contribution in [3.63, 3.8) is 0 Å². The summed E-state index contributed by atoms with van der Waals surface area (Å²) in [5, 5.41) is 0. The number of fused-ring (bicyclic) bond motifs is 1. The zero-order chi connectivity index (χ0) is 11.7. The number of halogens is 1. The third-order valence-corrected chi connectivity index (χ3v) is 5.24. The molecule has 17 heavy (non-hydrogen) atoms. The summed E-state index contributed by atoms with van der Waals surface area (Å²) < 4.78 is 5.43. The van der Waals surface area contributed by atoms with E-state index in [4.69, 9.17) is 16.3 Å². The average Bonchev–Trinajstić information content (AvgIpc) is 2.33. The molecule has 1 nitrogen and oxygen atoms in total. The lowest BCUT2D eigenvalue weighted by molar-refractivity contribution is -0.0616. The van der Waals surface area contributed by atoms with Crippen LogP contribution in [-0.4, -0.2) is 24.8 Å². The number of hydrogen-bond donors (Lipinski definition) is 0. The minimum atomic E-state index is 0.207. The summed E-state index contributed by atoms with van der Waals surface area (Å²) in [6, 6.07) is 6.98. The van der Waals surface area contributed by atoms with Crippen molar-refractivity contribution in [1.82, 2.24) is 0 Å². The highest BCUT2D eigenvalue weighted by Gasteiger charge is 2.39. The van der Waals surface area contributed by atoms with E-state index in [0.717, 1.165) is 25.5 Å². The fraction of sp³-hybridized carbons (Fsp3) is 0.571. The van der Waals surface area contributed by atoms with E-state index in [1.807, 2.05) is 11.8 Å². The SMILES string of the molecule is ClCCC1(c2ccc3c(c2)CCCS3)COC1. The summed E-state index contributed by atoms with van der Waals surface area (Å²) in [4.78, 5) is 1.47. The van der Waals surface area contributed by atoms with E-state index in [1.54, 1.807) is 0 Å². The van der Waals surface area contributed by atoms with Gasteiger partial charge in [-0.1, -0.05) is 12.1 Å². The fourth-order valence-electron chi connectivity index (χ4n) is 2.67. The third kappa shape index (κ3) is 2.11. The van der Waals surface area contributed by atoms with Crippen LogP contribution in [0, 0.1) is 0 Å². The Morgan fingerprint density at radius 1 is 1.35 bits per heavy atom. The Hall–Kier alpha value is -0.180. The zero-order valence-corrected chi connectivity index (χ0v) is 11.4. The van der Waals surface area contributed by atoms with Gasteiger partial charge in [-0.25, -0.2) is 0 Å². The molecule has 0 unspecified atom stereocenters. The largest absolute Gasteiger partial charge is 0.379 e. The van der Waals surface area contributed by atoms with Crippen LogP contribution < -0.4 is 0 Å². The summed E-state index contributed by atoms with van der Waals surface area (Å²) >= 11 is 7.92. The van der Waals surface area contributed by atoms with Gasteiger partial charge in [0.1, 0.15) is 0 Å². The van der Waals surface area contributed by atoms with Crippen LogP contribution in [-0.2, 0) is 16.6 Å². The maximum Gasteiger partial charge on any atom is 0.0586 e. The van der Waals surface area contributed by atoms with Crippen molar-refractivity contribution in [2.45, 2.75) is 29.6 Å². The normalized spacial score (nSPS) is 21.7. The monoisotopic (exact) mass is 268 g/mol. The minimum absolute atomic E-state index is 0.207. The Bertz CT molecular complexity index is 415. The van der Waals surface area contributed by atoms with E-state index in [1.165, 1.54) is 34.6 Å². The first-order valence-electron chi connectivity index (χ1n) is 6.24. The van der Waals surface area contributed by atoms with Crippen molar-refractivity contribution in [3.05, 3.63) is 29.3 Å². The van der Waals surface area contributed by atoms with E-state index >= 15 is 0 Å². The minimum Gasteiger partial charge on any atom is -0.379 e. The number of hydrogen-bond acceptors (Lipinski definition) is 2. The summed E-state index contributed by atoms with van der Waals surface area (Å²) in [6.07, 6.45) is 3.56. The lowest BCUT2D eigenvalue weighted by Gasteiger charge is -2.42. The molecule has 3 heteroatoms. The number of alkyl halides is 1. The molecular weight excluding hydrogens is 252 g/mol. The Kier molecular flexibility index (Phi) is 3.38. The van der Waals surface area contributed by atoms with Crippen LogP contribution in [0.1, 0.15) is 24.0 Å². The molecule has 0 bridgehead atoms. The first-order valence-corrected chi connectivity index (χ1v) is 7.76. The molecule has 0 aromatic heterocycles. The van der Waals surface area contributed by atoms with Gasteiger partial charge in [0.2, 0.25) is 0 Å². The van der Waals surface area contributed by atoms with Crippen LogP contribution in [0.5, 0.6) is 0 Å². The fourth-order valence-corrected chi connectivity index (χ4v) is 4.06. The number of benzene rings is 1. The summed E-state index contributed by atoms with van der Waals surface area (Å²) in [7, 11) is 0. The summed E-state index contributed by atoms with van der Waals surface area (Å²) in [6.45, 7) is 1.68. The van der Waals surface area contributed by atoms with E-state index < -0.39 is 0 Å². The Labute approximate surface area is 112 Å². The molecule has 92 valence electrons. The Morgan fingerprint density at radius 3 is 2.94 bits per heavy atom. The van der Waals surface area contributed by atoms with Crippen molar-refractivity contribution >= 4 is 23.4 Å². The summed E-state index contributed by atoms with van der Waals surface area (Å²) in [5.41, 5.74) is 3.17. The van der Waals surface area contributed by atoms with Crippen molar-refractivity contribution in [2.75, 3.05) is 24.8 Å². The molecule has 0 amide bonds. The van der Waals surface area contributed by atoms with E-state index in [9.17, 15) is 0 Å². The van der Waals surface area contributed by atoms with Gasteiger partial charge in [-0.05, 0) is 42.2 Å². The Morgan fingerprint density at radius 2 is 2.24 bits per heavy atom. The third-order valence-electron chi connectivity index (χ3n) is 3.85. The predicted octanol–water partition coefficient (Wildman–Crippen LogP) is 3.62. The predicted molar refractivity (Wildman–Crippen MR) is 73.3 cm³/mol. The van der Waals surface area contributed by atoms with Crippen molar-refractivity contribution < 1.29 is 4.74 Å². The van der Waals surface area contributed by atoms with Crippen LogP contribution >= 0.6 is 23.4 Å². The number of ether oxygens (including phenoxy) is 1. The van der Waals surface area contributed by atoms with Crippen LogP contribution in [0.3, 0.4) is 0 Å². The first kappa shape index (κ1) is 11.9. The van der Waals surface area contributed by atoms with Crippen molar-refractivity contribution in [3.8, 4) is 0 Å². The maximum absolute atomic E-state index is 5.93. The smallest absolute Gasteiger partial charge is 0.0586 e. The maximum atomic E-state index is 5.93. The van der Waals surface area contributed by atoms with Gasteiger partial charge in [-0.2, -0.15) is 0 Å². The zero-order valence-electron chi connectivity index (χ0n) is 9.88. The van der Waals surface area contributed by atoms with Gasteiger partial charge < -0.3 is 4.74 Å². The van der Waals surface area contributed by atoms with Gasteiger partial charge in [-0.3, -0.25) is 0 Å². The van der Waals surface area contributed by atoms with Crippen LogP contribution in [0.2, 0.25) is 0 Å². The second kappa shape index (κ2) is 4.83. The molecule has 2 heterocycles. The number of rotatable bonds is 3. The van der Waals surface area contributed by atoms with E-state index in [2.05, 4.69) is 18.2 Å². The highest BCUT2D eigenvalue weighted by molar-refractivity contribution is 7.99. The van der Waals surface area contributed by atoms with Gasteiger partial charge >= 0.3 is 0 Å². The quantitative estimate of drug-likeness (QED) is 0.775. The molecule has 2 aliphatic heterocycles. The van der Waals surface area contributed by atoms with Gasteiger partial charge in [-0.15, -0.1) is 23.4 Å². The molecule has 0 radical (unpaired) electrons. The first-order chi connectivity index (χ1) is 8.34. The molecule has 0 saturated carbocycles. The molecule has 1 fully saturated rings. The highest BCUT2D eigenvalue weighted by atomic mass is 35.5. The molecular formula is C14H17ClOS. The molecule has 0 aliphatic carbocycles. The van der Waals surface area contributed by atoms with Crippen molar-refractivity contribution in [2.24, 2.45) is 0 Å². The van der Waals surface area contributed by atoms with Crippen LogP contribution in [0.4, 0.5) is 0 Å². The van der Waals surface area contributed by atoms with Crippen LogP contribution in [0.25, 0.3) is 0 Å². The Balaban J connectivity index is 1.92. The van der Waals surface area contributed by atoms with Gasteiger partial charge in [0.25, 0.3) is 0 Å². The topological polar surface area (TPSA) is 9.23 Å². The van der Waals surface area contributed by atoms with Crippen LogP contribution in [0.15, 0.2) is 23.1 Å². The lowest BCUT2D eigenvalue weighted by atomic mass is 9.76. The molecule has 0 atom stereocenters.